The lowest BCUT2D eigenvalue weighted by molar-refractivity contribution is -0.144. The van der Waals surface area contributed by atoms with E-state index in [4.69, 9.17) is 5.11 Å². The van der Waals surface area contributed by atoms with Gasteiger partial charge < -0.3 is 15.3 Å². The molecule has 1 aliphatic heterocycles. The first-order chi connectivity index (χ1) is 8.63. The van der Waals surface area contributed by atoms with Crippen LogP contribution < -0.4 is 0 Å². The largest absolute Gasteiger partial charge is 0.480 e. The maximum atomic E-state index is 11.4. The molecule has 2 unspecified atom stereocenters. The highest BCUT2D eigenvalue weighted by Gasteiger charge is 2.33. The van der Waals surface area contributed by atoms with Crippen LogP contribution in [0.25, 0.3) is 0 Å². The number of carboxylic acid groups (broad SMARTS) is 1. The Balaban J connectivity index is 2.27. The molecule has 1 heterocycles. The summed E-state index contributed by atoms with van der Waals surface area (Å²) in [6.45, 7) is 0.386. The van der Waals surface area contributed by atoms with Gasteiger partial charge in [-0.1, -0.05) is 24.3 Å². The fourth-order valence-corrected chi connectivity index (χ4v) is 2.43. The third-order valence-electron chi connectivity index (χ3n) is 3.27. The maximum absolute atomic E-state index is 11.4. The SMILES string of the molecule is O=C(O)C1c2ccccc2CCN1CC(O)CO. The van der Waals surface area contributed by atoms with Crippen molar-refractivity contribution in [2.75, 3.05) is 19.7 Å². The van der Waals surface area contributed by atoms with E-state index in [2.05, 4.69) is 0 Å². The van der Waals surface area contributed by atoms with E-state index in [-0.39, 0.29) is 13.2 Å². The Kier molecular flexibility index (Phi) is 3.96. The average Bonchev–Trinajstić information content (AvgIpc) is 2.37. The first-order valence-electron chi connectivity index (χ1n) is 5.97. The summed E-state index contributed by atoms with van der Waals surface area (Å²) in [6, 6.07) is 6.73. The van der Waals surface area contributed by atoms with Crippen molar-refractivity contribution < 1.29 is 20.1 Å². The fourth-order valence-electron chi connectivity index (χ4n) is 2.43. The Labute approximate surface area is 105 Å². The standard InChI is InChI=1S/C13H17NO4/c15-8-10(16)7-14-6-5-9-3-1-2-4-11(9)12(14)13(17)18/h1-4,10,12,15-16H,5-8H2,(H,17,18). The van der Waals surface area contributed by atoms with Crippen molar-refractivity contribution in [1.82, 2.24) is 4.90 Å². The number of rotatable bonds is 4. The van der Waals surface area contributed by atoms with Gasteiger partial charge in [-0.2, -0.15) is 0 Å². The smallest absolute Gasteiger partial charge is 0.325 e. The van der Waals surface area contributed by atoms with Crippen LogP contribution in [0.2, 0.25) is 0 Å². The monoisotopic (exact) mass is 251 g/mol. The van der Waals surface area contributed by atoms with Crippen LogP contribution >= 0.6 is 0 Å². The minimum Gasteiger partial charge on any atom is -0.480 e. The average molecular weight is 251 g/mol. The molecular weight excluding hydrogens is 234 g/mol. The van der Waals surface area contributed by atoms with Gasteiger partial charge in [-0.25, -0.2) is 0 Å². The molecule has 0 saturated heterocycles. The highest BCUT2D eigenvalue weighted by Crippen LogP contribution is 2.29. The first kappa shape index (κ1) is 13.0. The van der Waals surface area contributed by atoms with Crippen LogP contribution in [-0.4, -0.2) is 52.0 Å². The summed E-state index contributed by atoms with van der Waals surface area (Å²) in [7, 11) is 0. The Morgan fingerprint density at radius 3 is 2.83 bits per heavy atom. The van der Waals surface area contributed by atoms with Crippen molar-refractivity contribution in [3.63, 3.8) is 0 Å². The summed E-state index contributed by atoms with van der Waals surface area (Å²) < 4.78 is 0. The summed E-state index contributed by atoms with van der Waals surface area (Å²) in [4.78, 5) is 13.1. The molecule has 0 spiro atoms. The number of β-amino-alcohol motifs (C(OH)–C–C–N with tert-alkyl or cyclic N) is 1. The predicted octanol–water partition coefficient (Wildman–Crippen LogP) is 0.0236. The predicted molar refractivity (Wildman–Crippen MR) is 65.2 cm³/mol. The number of carbonyl (C=O) groups is 1. The number of hydrogen-bond acceptors (Lipinski definition) is 4. The van der Waals surface area contributed by atoms with E-state index < -0.39 is 18.1 Å². The molecule has 1 aromatic carbocycles. The van der Waals surface area contributed by atoms with E-state index in [0.29, 0.717) is 6.54 Å². The molecule has 0 amide bonds. The topological polar surface area (TPSA) is 81.0 Å². The van der Waals surface area contributed by atoms with Crippen LogP contribution in [0, 0.1) is 0 Å². The summed E-state index contributed by atoms with van der Waals surface area (Å²) >= 11 is 0. The lowest BCUT2D eigenvalue weighted by atomic mass is 9.92. The second-order valence-corrected chi connectivity index (χ2v) is 4.52. The van der Waals surface area contributed by atoms with Crippen molar-refractivity contribution in [3.05, 3.63) is 35.4 Å². The van der Waals surface area contributed by atoms with Gasteiger partial charge in [0.1, 0.15) is 6.04 Å². The van der Waals surface area contributed by atoms with Gasteiger partial charge in [-0.05, 0) is 17.5 Å². The number of fused-ring (bicyclic) bond motifs is 1. The van der Waals surface area contributed by atoms with Crippen LogP contribution in [0.5, 0.6) is 0 Å². The van der Waals surface area contributed by atoms with Gasteiger partial charge in [0.25, 0.3) is 0 Å². The van der Waals surface area contributed by atoms with Crippen LogP contribution in [0.3, 0.4) is 0 Å². The molecule has 2 atom stereocenters. The normalized spacial score (nSPS) is 21.3. The van der Waals surface area contributed by atoms with Gasteiger partial charge >= 0.3 is 5.97 Å². The van der Waals surface area contributed by atoms with Crippen LogP contribution in [0.1, 0.15) is 17.2 Å². The zero-order valence-corrected chi connectivity index (χ0v) is 9.99. The van der Waals surface area contributed by atoms with Gasteiger partial charge in [0.15, 0.2) is 0 Å². The van der Waals surface area contributed by atoms with Crippen LogP contribution in [-0.2, 0) is 11.2 Å². The Morgan fingerprint density at radius 2 is 2.17 bits per heavy atom. The van der Waals surface area contributed by atoms with E-state index in [1.807, 2.05) is 24.3 Å². The third-order valence-corrected chi connectivity index (χ3v) is 3.27. The molecule has 0 radical (unpaired) electrons. The van der Waals surface area contributed by atoms with Crippen LogP contribution in [0.15, 0.2) is 24.3 Å². The molecule has 5 nitrogen and oxygen atoms in total. The molecule has 0 aliphatic carbocycles. The van der Waals surface area contributed by atoms with Crippen molar-refractivity contribution in [1.29, 1.82) is 0 Å². The van der Waals surface area contributed by atoms with Crippen molar-refractivity contribution >= 4 is 5.97 Å². The number of aliphatic carboxylic acids is 1. The first-order valence-corrected chi connectivity index (χ1v) is 5.97. The summed E-state index contributed by atoms with van der Waals surface area (Å²) in [5.74, 6) is -0.924. The van der Waals surface area contributed by atoms with E-state index >= 15 is 0 Å². The molecule has 5 heteroatoms. The lowest BCUT2D eigenvalue weighted by Crippen LogP contribution is -2.44. The number of nitrogens with zero attached hydrogens (tertiary/aromatic N) is 1. The Morgan fingerprint density at radius 1 is 1.44 bits per heavy atom. The number of benzene rings is 1. The van der Waals surface area contributed by atoms with E-state index in [9.17, 15) is 15.0 Å². The fraction of sp³-hybridized carbons (Fsp3) is 0.462. The van der Waals surface area contributed by atoms with Crippen molar-refractivity contribution in [3.8, 4) is 0 Å². The molecule has 0 saturated carbocycles. The number of carboxylic acids is 1. The van der Waals surface area contributed by atoms with Gasteiger partial charge in [-0.15, -0.1) is 0 Å². The molecule has 18 heavy (non-hydrogen) atoms. The van der Waals surface area contributed by atoms with E-state index in [1.54, 1.807) is 4.90 Å². The third kappa shape index (κ3) is 2.53. The summed E-state index contributed by atoms with van der Waals surface area (Å²) in [5.41, 5.74) is 1.82. The van der Waals surface area contributed by atoms with Crippen molar-refractivity contribution in [2.45, 2.75) is 18.6 Å². The molecule has 0 bridgehead atoms. The Hall–Kier alpha value is -1.43. The minimum atomic E-state index is -0.924. The lowest BCUT2D eigenvalue weighted by Gasteiger charge is -2.35. The molecular formula is C13H17NO4. The quantitative estimate of drug-likeness (QED) is 0.703. The number of aliphatic hydroxyl groups is 2. The summed E-state index contributed by atoms with van der Waals surface area (Å²) in [5, 5.41) is 27.7. The van der Waals surface area contributed by atoms with E-state index in [0.717, 1.165) is 17.5 Å². The second-order valence-electron chi connectivity index (χ2n) is 4.52. The van der Waals surface area contributed by atoms with Gasteiger partial charge in [-0.3, -0.25) is 9.69 Å². The number of hydrogen-bond donors (Lipinski definition) is 3. The molecule has 3 N–H and O–H groups in total. The van der Waals surface area contributed by atoms with Gasteiger partial charge in [0.2, 0.25) is 0 Å². The van der Waals surface area contributed by atoms with Crippen LogP contribution in [0.4, 0.5) is 0 Å². The minimum absolute atomic E-state index is 0.168. The summed E-state index contributed by atoms with van der Waals surface area (Å²) in [6.07, 6.45) is -0.143. The maximum Gasteiger partial charge on any atom is 0.325 e. The molecule has 1 aromatic rings. The van der Waals surface area contributed by atoms with Gasteiger partial charge in [0.05, 0.1) is 12.7 Å². The Bertz CT molecular complexity index is 435. The van der Waals surface area contributed by atoms with Crippen molar-refractivity contribution in [2.24, 2.45) is 0 Å². The molecule has 98 valence electrons. The highest BCUT2D eigenvalue weighted by atomic mass is 16.4. The number of aliphatic hydroxyl groups excluding tert-OH is 2. The zero-order chi connectivity index (χ0) is 13.1. The zero-order valence-electron chi connectivity index (χ0n) is 9.99. The van der Waals surface area contributed by atoms with Gasteiger partial charge in [0, 0.05) is 13.1 Å². The molecule has 1 aliphatic rings. The van der Waals surface area contributed by atoms with E-state index in [1.165, 1.54) is 0 Å². The molecule has 2 rings (SSSR count). The second kappa shape index (κ2) is 5.48. The molecule has 0 fully saturated rings. The molecule has 0 aromatic heterocycles. The highest BCUT2D eigenvalue weighted by molar-refractivity contribution is 5.76.